The third kappa shape index (κ3) is 6.53. The summed E-state index contributed by atoms with van der Waals surface area (Å²) in [5.74, 6) is 2.07. The van der Waals surface area contributed by atoms with E-state index in [1.165, 1.54) is 31.7 Å². The Morgan fingerprint density at radius 3 is 2.62 bits per heavy atom. The van der Waals surface area contributed by atoms with E-state index in [0.717, 1.165) is 24.3 Å². The maximum atomic E-state index is 13.6. The van der Waals surface area contributed by atoms with Crippen molar-refractivity contribution >= 4 is 29.9 Å². The van der Waals surface area contributed by atoms with Crippen LogP contribution < -0.4 is 10.6 Å². The zero-order valence-electron chi connectivity index (χ0n) is 14.9. The molecule has 1 aromatic rings. The standard InChI is InChI=1S/C18H29FN4.HI/c1-4-20-18(22-12-17-16(19)6-5-11-21-17)23-15-9-7-14(8-10-15)13(2)3;/h5-6,11,13-15H,4,7-10,12H2,1-3H3,(H2,20,22,23);1H. The van der Waals surface area contributed by atoms with Crippen LogP contribution in [-0.2, 0) is 6.54 Å². The van der Waals surface area contributed by atoms with E-state index in [-0.39, 0.29) is 36.3 Å². The number of guanidine groups is 1. The number of aromatic nitrogens is 1. The minimum Gasteiger partial charge on any atom is -0.357 e. The Kier molecular flexibility index (Phi) is 9.54. The summed E-state index contributed by atoms with van der Waals surface area (Å²) in [5, 5.41) is 6.74. The number of aliphatic imine (C=N–C) groups is 1. The molecule has 0 bridgehead atoms. The number of hydrogen-bond donors (Lipinski definition) is 2. The van der Waals surface area contributed by atoms with Gasteiger partial charge in [0.05, 0.1) is 12.2 Å². The maximum absolute atomic E-state index is 13.6. The van der Waals surface area contributed by atoms with Gasteiger partial charge in [0.2, 0.25) is 0 Å². The van der Waals surface area contributed by atoms with Gasteiger partial charge >= 0.3 is 0 Å². The molecule has 0 unspecified atom stereocenters. The van der Waals surface area contributed by atoms with Gasteiger partial charge in [0, 0.05) is 18.8 Å². The number of rotatable bonds is 5. The lowest BCUT2D eigenvalue weighted by molar-refractivity contribution is 0.250. The first-order valence-corrected chi connectivity index (χ1v) is 8.74. The van der Waals surface area contributed by atoms with E-state index in [2.05, 4.69) is 34.5 Å². The first-order valence-electron chi connectivity index (χ1n) is 8.74. The molecule has 0 aromatic carbocycles. The van der Waals surface area contributed by atoms with E-state index in [1.807, 2.05) is 6.92 Å². The van der Waals surface area contributed by atoms with Crippen LogP contribution >= 0.6 is 24.0 Å². The van der Waals surface area contributed by atoms with E-state index >= 15 is 0 Å². The second kappa shape index (κ2) is 10.8. The van der Waals surface area contributed by atoms with Crippen molar-refractivity contribution in [2.75, 3.05) is 6.54 Å². The van der Waals surface area contributed by atoms with Gasteiger partial charge in [0.15, 0.2) is 5.96 Å². The predicted octanol–water partition coefficient (Wildman–Crippen LogP) is 4.11. The molecule has 136 valence electrons. The fourth-order valence-corrected chi connectivity index (χ4v) is 3.13. The number of nitrogens with one attached hydrogen (secondary N) is 2. The molecule has 2 N–H and O–H groups in total. The molecular weight excluding hydrogens is 418 g/mol. The van der Waals surface area contributed by atoms with E-state index in [4.69, 9.17) is 0 Å². The van der Waals surface area contributed by atoms with Crippen LogP contribution in [-0.4, -0.2) is 23.5 Å². The molecule has 6 heteroatoms. The van der Waals surface area contributed by atoms with E-state index < -0.39 is 0 Å². The lowest BCUT2D eigenvalue weighted by Gasteiger charge is -2.32. The lowest BCUT2D eigenvalue weighted by atomic mass is 9.80. The number of pyridine rings is 1. The van der Waals surface area contributed by atoms with Crippen molar-refractivity contribution in [1.82, 2.24) is 15.6 Å². The highest BCUT2D eigenvalue weighted by Crippen LogP contribution is 2.29. The van der Waals surface area contributed by atoms with Crippen LogP contribution in [0.4, 0.5) is 4.39 Å². The summed E-state index contributed by atoms with van der Waals surface area (Å²) in [7, 11) is 0. The first kappa shape index (κ1) is 21.1. The minimum absolute atomic E-state index is 0. The van der Waals surface area contributed by atoms with Gasteiger partial charge in [-0.05, 0) is 56.6 Å². The highest BCUT2D eigenvalue weighted by molar-refractivity contribution is 14.0. The number of hydrogen-bond acceptors (Lipinski definition) is 2. The molecule has 0 saturated heterocycles. The zero-order chi connectivity index (χ0) is 16.7. The topological polar surface area (TPSA) is 49.3 Å². The van der Waals surface area contributed by atoms with Crippen LogP contribution in [0.2, 0.25) is 0 Å². The molecule has 2 rings (SSSR count). The molecule has 1 aromatic heterocycles. The molecule has 0 aliphatic heterocycles. The molecular formula is C18H30FIN4. The summed E-state index contributed by atoms with van der Waals surface area (Å²) in [6.07, 6.45) is 6.48. The highest BCUT2D eigenvalue weighted by Gasteiger charge is 2.23. The Labute approximate surface area is 162 Å². The molecule has 1 aliphatic carbocycles. The highest BCUT2D eigenvalue weighted by atomic mass is 127. The van der Waals surface area contributed by atoms with Crippen molar-refractivity contribution < 1.29 is 4.39 Å². The molecule has 24 heavy (non-hydrogen) atoms. The Hall–Kier alpha value is -0.920. The van der Waals surface area contributed by atoms with Gasteiger partial charge in [-0.1, -0.05) is 13.8 Å². The first-order chi connectivity index (χ1) is 11.1. The maximum Gasteiger partial charge on any atom is 0.191 e. The Bertz CT molecular complexity index is 513. The molecule has 1 heterocycles. The van der Waals surface area contributed by atoms with Crippen molar-refractivity contribution in [1.29, 1.82) is 0 Å². The molecule has 0 atom stereocenters. The van der Waals surface area contributed by atoms with E-state index in [1.54, 1.807) is 12.3 Å². The largest absolute Gasteiger partial charge is 0.357 e. The summed E-state index contributed by atoms with van der Waals surface area (Å²) < 4.78 is 13.6. The average Bonchev–Trinajstić information content (AvgIpc) is 2.54. The second-order valence-electron chi connectivity index (χ2n) is 6.63. The number of nitrogens with zero attached hydrogens (tertiary/aromatic N) is 2. The van der Waals surface area contributed by atoms with Gasteiger partial charge in [-0.25, -0.2) is 9.38 Å². The quantitative estimate of drug-likeness (QED) is 0.405. The van der Waals surface area contributed by atoms with Crippen LogP contribution in [0.25, 0.3) is 0 Å². The summed E-state index contributed by atoms with van der Waals surface area (Å²) in [6.45, 7) is 7.70. The van der Waals surface area contributed by atoms with Crippen LogP contribution in [0.15, 0.2) is 23.3 Å². The van der Waals surface area contributed by atoms with Gasteiger partial charge in [-0.3, -0.25) is 4.98 Å². The molecule has 1 fully saturated rings. The second-order valence-corrected chi connectivity index (χ2v) is 6.63. The van der Waals surface area contributed by atoms with Crippen molar-refractivity contribution in [2.24, 2.45) is 16.8 Å². The molecule has 0 radical (unpaired) electrons. The van der Waals surface area contributed by atoms with Crippen LogP contribution in [0.3, 0.4) is 0 Å². The lowest BCUT2D eigenvalue weighted by Crippen LogP contribution is -2.45. The zero-order valence-corrected chi connectivity index (χ0v) is 17.2. The van der Waals surface area contributed by atoms with Crippen LogP contribution in [0.5, 0.6) is 0 Å². The molecule has 0 amide bonds. The fraction of sp³-hybridized carbons (Fsp3) is 0.667. The summed E-state index contributed by atoms with van der Waals surface area (Å²) in [4.78, 5) is 8.53. The molecule has 1 aliphatic rings. The Balaban J connectivity index is 0.00000288. The SMILES string of the molecule is CCNC(=NCc1ncccc1F)NC1CCC(C(C)C)CC1.I. The minimum atomic E-state index is -0.301. The monoisotopic (exact) mass is 448 g/mol. The van der Waals surface area contributed by atoms with Gasteiger partial charge < -0.3 is 10.6 Å². The Morgan fingerprint density at radius 2 is 2.04 bits per heavy atom. The van der Waals surface area contributed by atoms with Gasteiger partial charge in [-0.15, -0.1) is 24.0 Å². The smallest absolute Gasteiger partial charge is 0.191 e. The predicted molar refractivity (Wildman–Crippen MR) is 108 cm³/mol. The van der Waals surface area contributed by atoms with Gasteiger partial charge in [0.25, 0.3) is 0 Å². The van der Waals surface area contributed by atoms with Crippen LogP contribution in [0, 0.1) is 17.7 Å². The molecule has 4 nitrogen and oxygen atoms in total. The van der Waals surface area contributed by atoms with Gasteiger partial charge in [-0.2, -0.15) is 0 Å². The van der Waals surface area contributed by atoms with Crippen molar-refractivity contribution in [3.05, 3.63) is 29.8 Å². The molecule has 1 saturated carbocycles. The van der Waals surface area contributed by atoms with Crippen LogP contribution in [0.1, 0.15) is 52.1 Å². The summed E-state index contributed by atoms with van der Waals surface area (Å²) >= 11 is 0. The van der Waals surface area contributed by atoms with E-state index in [9.17, 15) is 4.39 Å². The normalized spacial score (nSPS) is 21.3. The fourth-order valence-electron chi connectivity index (χ4n) is 3.13. The molecule has 0 spiro atoms. The third-order valence-corrected chi connectivity index (χ3v) is 4.62. The van der Waals surface area contributed by atoms with Crippen molar-refractivity contribution in [3.63, 3.8) is 0 Å². The van der Waals surface area contributed by atoms with Gasteiger partial charge in [0.1, 0.15) is 5.82 Å². The summed E-state index contributed by atoms with van der Waals surface area (Å²) in [5.41, 5.74) is 0.383. The third-order valence-electron chi connectivity index (χ3n) is 4.62. The van der Waals surface area contributed by atoms with Crippen molar-refractivity contribution in [2.45, 2.75) is 59.0 Å². The van der Waals surface area contributed by atoms with E-state index in [0.29, 0.717) is 11.7 Å². The Morgan fingerprint density at radius 1 is 1.33 bits per heavy atom. The van der Waals surface area contributed by atoms with Crippen molar-refractivity contribution in [3.8, 4) is 0 Å². The average molecular weight is 448 g/mol. The number of halogens is 2. The summed E-state index contributed by atoms with van der Waals surface area (Å²) in [6, 6.07) is 3.47.